The first kappa shape index (κ1) is 13.3. The molecule has 0 spiro atoms. The van der Waals surface area contributed by atoms with E-state index in [4.69, 9.17) is 10.5 Å². The Hall–Kier alpha value is -0.120. The summed E-state index contributed by atoms with van der Waals surface area (Å²) in [5.41, 5.74) is 6.37. The number of hydrogen-bond acceptors (Lipinski definition) is 3. The lowest BCUT2D eigenvalue weighted by Gasteiger charge is -2.48. The van der Waals surface area contributed by atoms with Gasteiger partial charge in [0, 0.05) is 24.7 Å². The average Bonchev–Trinajstić information content (AvgIpc) is 3.14. The van der Waals surface area contributed by atoms with Crippen molar-refractivity contribution in [3.8, 4) is 0 Å². The third-order valence-corrected chi connectivity index (χ3v) is 4.37. The summed E-state index contributed by atoms with van der Waals surface area (Å²) < 4.78 is 5.71. The number of nitrogens with zero attached hydrogens (tertiary/aromatic N) is 1. The molecule has 3 heteroatoms. The fourth-order valence-electron chi connectivity index (χ4n) is 3.23. The molecule has 1 heterocycles. The molecule has 0 aromatic heterocycles. The predicted octanol–water partition coefficient (Wildman–Crippen LogP) is 2.15. The molecule has 2 N–H and O–H groups in total. The SMILES string of the molecule is CCCCN(C1CC1)C1(CN)CCOC(C)C1. The topological polar surface area (TPSA) is 38.5 Å². The highest BCUT2D eigenvalue weighted by Gasteiger charge is 2.45. The third kappa shape index (κ3) is 3.01. The Balaban J connectivity index is 2.06. The first-order valence-corrected chi connectivity index (χ1v) is 7.30. The van der Waals surface area contributed by atoms with Crippen LogP contribution in [0.25, 0.3) is 0 Å². The molecule has 0 radical (unpaired) electrons. The summed E-state index contributed by atoms with van der Waals surface area (Å²) in [6, 6.07) is 0.815. The standard InChI is InChI=1S/C14H28N2O/c1-3-4-8-16(13-5-6-13)14(11-15)7-9-17-12(2)10-14/h12-13H,3-11,15H2,1-2H3. The molecule has 2 fully saturated rings. The average molecular weight is 240 g/mol. The molecule has 0 aromatic carbocycles. The second-order valence-electron chi connectivity index (χ2n) is 5.84. The Morgan fingerprint density at radius 3 is 2.71 bits per heavy atom. The molecule has 0 aromatic rings. The Kier molecular flexibility index (Phi) is 4.45. The smallest absolute Gasteiger partial charge is 0.0565 e. The molecule has 1 saturated heterocycles. The third-order valence-electron chi connectivity index (χ3n) is 4.37. The first-order chi connectivity index (χ1) is 8.22. The van der Waals surface area contributed by atoms with Crippen molar-refractivity contribution in [3.05, 3.63) is 0 Å². The van der Waals surface area contributed by atoms with E-state index in [1.807, 2.05) is 0 Å². The summed E-state index contributed by atoms with van der Waals surface area (Å²) in [6.07, 6.45) is 7.93. The zero-order chi connectivity index (χ0) is 12.3. The van der Waals surface area contributed by atoms with Crippen LogP contribution in [0.4, 0.5) is 0 Å². The predicted molar refractivity (Wildman–Crippen MR) is 71.1 cm³/mol. The van der Waals surface area contributed by atoms with Gasteiger partial charge in [0.25, 0.3) is 0 Å². The van der Waals surface area contributed by atoms with Gasteiger partial charge in [0.05, 0.1) is 6.10 Å². The molecule has 1 saturated carbocycles. The van der Waals surface area contributed by atoms with Gasteiger partial charge in [-0.1, -0.05) is 13.3 Å². The highest BCUT2D eigenvalue weighted by molar-refractivity contribution is 5.01. The van der Waals surface area contributed by atoms with E-state index in [1.54, 1.807) is 0 Å². The van der Waals surface area contributed by atoms with Crippen molar-refractivity contribution in [3.63, 3.8) is 0 Å². The van der Waals surface area contributed by atoms with Crippen LogP contribution in [0.15, 0.2) is 0 Å². The van der Waals surface area contributed by atoms with Crippen LogP contribution in [0.3, 0.4) is 0 Å². The van der Waals surface area contributed by atoms with Crippen LogP contribution in [0, 0.1) is 0 Å². The van der Waals surface area contributed by atoms with E-state index in [0.717, 1.165) is 32.0 Å². The first-order valence-electron chi connectivity index (χ1n) is 7.30. The maximum Gasteiger partial charge on any atom is 0.0565 e. The van der Waals surface area contributed by atoms with Gasteiger partial charge in [-0.2, -0.15) is 0 Å². The van der Waals surface area contributed by atoms with Crippen LogP contribution in [-0.4, -0.2) is 42.3 Å². The molecule has 100 valence electrons. The lowest BCUT2D eigenvalue weighted by atomic mass is 9.84. The Morgan fingerprint density at radius 1 is 1.41 bits per heavy atom. The Morgan fingerprint density at radius 2 is 2.18 bits per heavy atom. The number of hydrogen-bond donors (Lipinski definition) is 1. The quantitative estimate of drug-likeness (QED) is 0.773. The Labute approximate surface area is 106 Å². The van der Waals surface area contributed by atoms with Crippen LogP contribution < -0.4 is 5.73 Å². The summed E-state index contributed by atoms with van der Waals surface area (Å²) in [5.74, 6) is 0. The minimum atomic E-state index is 0.230. The molecule has 1 aliphatic heterocycles. The van der Waals surface area contributed by atoms with Crippen molar-refractivity contribution in [1.29, 1.82) is 0 Å². The summed E-state index contributed by atoms with van der Waals surface area (Å²) >= 11 is 0. The van der Waals surface area contributed by atoms with Crippen molar-refractivity contribution in [2.45, 2.75) is 70.1 Å². The van der Waals surface area contributed by atoms with Crippen molar-refractivity contribution in [2.24, 2.45) is 5.73 Å². The normalized spacial score (nSPS) is 34.2. The summed E-state index contributed by atoms with van der Waals surface area (Å²) in [7, 11) is 0. The van der Waals surface area contributed by atoms with E-state index in [9.17, 15) is 0 Å². The zero-order valence-corrected chi connectivity index (χ0v) is 11.5. The Bertz CT molecular complexity index is 242. The second-order valence-corrected chi connectivity index (χ2v) is 5.84. The van der Waals surface area contributed by atoms with Gasteiger partial charge in [0.15, 0.2) is 0 Å². The molecule has 2 atom stereocenters. The van der Waals surface area contributed by atoms with Gasteiger partial charge in [-0.15, -0.1) is 0 Å². The molecule has 17 heavy (non-hydrogen) atoms. The largest absolute Gasteiger partial charge is 0.378 e. The van der Waals surface area contributed by atoms with Crippen LogP contribution in [0.2, 0.25) is 0 Å². The molecule has 1 aliphatic carbocycles. The van der Waals surface area contributed by atoms with Gasteiger partial charge in [0.2, 0.25) is 0 Å². The number of unbranched alkanes of at least 4 members (excludes halogenated alkanes) is 1. The summed E-state index contributed by atoms with van der Waals surface area (Å²) in [4.78, 5) is 2.73. The van der Waals surface area contributed by atoms with Crippen LogP contribution in [0.5, 0.6) is 0 Å². The van der Waals surface area contributed by atoms with Crippen LogP contribution >= 0.6 is 0 Å². The minimum Gasteiger partial charge on any atom is -0.378 e. The lowest BCUT2D eigenvalue weighted by Crippen LogP contribution is -2.59. The van der Waals surface area contributed by atoms with E-state index < -0.39 is 0 Å². The zero-order valence-electron chi connectivity index (χ0n) is 11.5. The molecule has 3 nitrogen and oxygen atoms in total. The minimum absolute atomic E-state index is 0.230. The maximum absolute atomic E-state index is 6.14. The van der Waals surface area contributed by atoms with Crippen molar-refractivity contribution < 1.29 is 4.74 Å². The monoisotopic (exact) mass is 240 g/mol. The molecular formula is C14H28N2O. The van der Waals surface area contributed by atoms with Gasteiger partial charge >= 0.3 is 0 Å². The molecule has 0 bridgehead atoms. The fourth-order valence-corrected chi connectivity index (χ4v) is 3.23. The van der Waals surface area contributed by atoms with E-state index >= 15 is 0 Å². The van der Waals surface area contributed by atoms with Gasteiger partial charge in [0.1, 0.15) is 0 Å². The summed E-state index contributed by atoms with van der Waals surface area (Å²) in [6.45, 7) is 7.36. The molecular weight excluding hydrogens is 212 g/mol. The van der Waals surface area contributed by atoms with Crippen LogP contribution in [0.1, 0.15) is 52.4 Å². The fraction of sp³-hybridized carbons (Fsp3) is 1.00. The van der Waals surface area contributed by atoms with E-state index in [1.165, 1.54) is 32.2 Å². The van der Waals surface area contributed by atoms with Crippen LogP contribution in [-0.2, 0) is 4.74 Å². The number of rotatable bonds is 6. The van der Waals surface area contributed by atoms with Gasteiger partial charge in [-0.3, -0.25) is 4.90 Å². The second kappa shape index (κ2) is 5.68. The van der Waals surface area contributed by atoms with E-state index in [2.05, 4.69) is 18.7 Å². The van der Waals surface area contributed by atoms with Crippen molar-refractivity contribution in [2.75, 3.05) is 19.7 Å². The molecule has 2 rings (SSSR count). The maximum atomic E-state index is 6.14. The van der Waals surface area contributed by atoms with Gasteiger partial charge < -0.3 is 10.5 Å². The molecule has 0 amide bonds. The molecule has 2 aliphatic rings. The number of ether oxygens (including phenoxy) is 1. The van der Waals surface area contributed by atoms with Crippen molar-refractivity contribution >= 4 is 0 Å². The number of nitrogens with two attached hydrogens (primary N) is 1. The molecule has 2 unspecified atom stereocenters. The van der Waals surface area contributed by atoms with Gasteiger partial charge in [-0.25, -0.2) is 0 Å². The lowest BCUT2D eigenvalue weighted by molar-refractivity contribution is -0.0671. The van der Waals surface area contributed by atoms with E-state index in [0.29, 0.717) is 6.10 Å². The van der Waals surface area contributed by atoms with Crippen molar-refractivity contribution in [1.82, 2.24) is 4.90 Å². The summed E-state index contributed by atoms with van der Waals surface area (Å²) in [5, 5.41) is 0. The van der Waals surface area contributed by atoms with E-state index in [-0.39, 0.29) is 5.54 Å². The highest BCUT2D eigenvalue weighted by atomic mass is 16.5. The van der Waals surface area contributed by atoms with Gasteiger partial charge in [-0.05, 0) is 45.6 Å². The highest BCUT2D eigenvalue weighted by Crippen LogP contribution is 2.39.